The first kappa shape index (κ1) is 20.9. The molecule has 2 rings (SSSR count). The van der Waals surface area contributed by atoms with Crippen LogP contribution in [-0.2, 0) is 29.2 Å². The lowest BCUT2D eigenvalue weighted by Gasteiger charge is -2.20. The molecular formula is C17H25NO6S2. The molecule has 0 aliphatic carbocycles. The molecule has 7 nitrogen and oxygen atoms in total. The Kier molecular flexibility index (Phi) is 6.46. The Morgan fingerprint density at radius 1 is 1.23 bits per heavy atom. The summed E-state index contributed by atoms with van der Waals surface area (Å²) in [6.07, 6.45) is 0. The number of hydrogen-bond donors (Lipinski definition) is 1. The molecule has 0 radical (unpaired) electrons. The Morgan fingerprint density at radius 2 is 1.85 bits per heavy atom. The zero-order valence-corrected chi connectivity index (χ0v) is 16.8. The van der Waals surface area contributed by atoms with Crippen LogP contribution in [0, 0.1) is 0 Å². The summed E-state index contributed by atoms with van der Waals surface area (Å²) in [4.78, 5) is 11.6. The predicted molar refractivity (Wildman–Crippen MR) is 98.6 cm³/mol. The zero-order chi connectivity index (χ0) is 19.5. The second-order valence-electron chi connectivity index (χ2n) is 6.68. The number of hydrogen-bond acceptors (Lipinski definition) is 7. The van der Waals surface area contributed by atoms with Crippen molar-refractivity contribution in [3.63, 3.8) is 0 Å². The van der Waals surface area contributed by atoms with E-state index in [1.165, 1.54) is 12.1 Å². The first-order valence-corrected chi connectivity index (χ1v) is 11.9. The number of sulfone groups is 2. The molecule has 1 aromatic rings. The highest BCUT2D eigenvalue weighted by molar-refractivity contribution is 7.96. The van der Waals surface area contributed by atoms with E-state index < -0.39 is 42.7 Å². The van der Waals surface area contributed by atoms with Crippen molar-refractivity contribution in [2.24, 2.45) is 0 Å². The van der Waals surface area contributed by atoms with Gasteiger partial charge >= 0.3 is 5.97 Å². The van der Waals surface area contributed by atoms with Gasteiger partial charge in [-0.1, -0.05) is 26.0 Å². The third kappa shape index (κ3) is 4.83. The normalized spacial score (nSPS) is 22.5. The maximum atomic E-state index is 13.0. The van der Waals surface area contributed by atoms with E-state index >= 15 is 0 Å². The van der Waals surface area contributed by atoms with E-state index in [4.69, 9.17) is 4.74 Å². The van der Waals surface area contributed by atoms with Gasteiger partial charge in [-0.2, -0.15) is 0 Å². The quantitative estimate of drug-likeness (QED) is 0.674. The molecule has 1 saturated heterocycles. The lowest BCUT2D eigenvalue weighted by molar-refractivity contribution is -0.142. The van der Waals surface area contributed by atoms with Crippen molar-refractivity contribution in [1.82, 2.24) is 5.32 Å². The lowest BCUT2D eigenvalue weighted by Crippen LogP contribution is -2.45. The lowest BCUT2D eigenvalue weighted by atomic mass is 10.0. The number of rotatable bonds is 7. The Bertz CT molecular complexity index is 844. The predicted octanol–water partition coefficient (Wildman–Crippen LogP) is 0.902. The molecule has 0 bridgehead atoms. The molecule has 1 fully saturated rings. The van der Waals surface area contributed by atoms with Gasteiger partial charge in [-0.15, -0.1) is 0 Å². The highest BCUT2D eigenvalue weighted by atomic mass is 32.2. The second-order valence-corrected chi connectivity index (χ2v) is 11.0. The van der Waals surface area contributed by atoms with E-state index in [2.05, 4.69) is 5.32 Å². The second kappa shape index (κ2) is 8.06. The summed E-state index contributed by atoms with van der Waals surface area (Å²) in [6.45, 7) is 5.64. The number of esters is 1. The highest BCUT2D eigenvalue weighted by Gasteiger charge is 2.45. The molecular weight excluding hydrogens is 378 g/mol. The van der Waals surface area contributed by atoms with Gasteiger partial charge in [-0.3, -0.25) is 4.79 Å². The van der Waals surface area contributed by atoms with Gasteiger partial charge < -0.3 is 10.1 Å². The summed E-state index contributed by atoms with van der Waals surface area (Å²) in [5.74, 6) is -1.06. The number of ether oxygens (including phenoxy) is 1. The van der Waals surface area contributed by atoms with Crippen LogP contribution < -0.4 is 5.32 Å². The third-order valence-corrected chi connectivity index (χ3v) is 8.55. The Morgan fingerprint density at radius 3 is 2.38 bits per heavy atom. The molecule has 2 atom stereocenters. The van der Waals surface area contributed by atoms with Gasteiger partial charge in [0, 0.05) is 6.04 Å². The van der Waals surface area contributed by atoms with Crippen LogP contribution in [0.5, 0.6) is 0 Å². The van der Waals surface area contributed by atoms with Crippen LogP contribution in [0.4, 0.5) is 0 Å². The fourth-order valence-corrected chi connectivity index (χ4v) is 7.67. The summed E-state index contributed by atoms with van der Waals surface area (Å²) < 4.78 is 54.8. The maximum absolute atomic E-state index is 13.0. The number of nitrogens with one attached hydrogen (secondary N) is 1. The van der Waals surface area contributed by atoms with Gasteiger partial charge in [-0.25, -0.2) is 16.8 Å². The molecule has 26 heavy (non-hydrogen) atoms. The molecule has 0 aromatic heterocycles. The number of carbonyl (C=O) groups excluding carboxylic acids is 1. The van der Waals surface area contributed by atoms with Gasteiger partial charge in [0.1, 0.15) is 0 Å². The van der Waals surface area contributed by atoms with Gasteiger partial charge in [0.25, 0.3) is 0 Å². The summed E-state index contributed by atoms with van der Waals surface area (Å²) in [7, 11) is -7.37. The van der Waals surface area contributed by atoms with E-state index in [0.717, 1.165) is 5.56 Å². The average Bonchev–Trinajstić information content (AvgIpc) is 2.89. The fraction of sp³-hybridized carbons (Fsp3) is 0.588. The van der Waals surface area contributed by atoms with Crippen LogP contribution in [-0.4, -0.2) is 58.8 Å². The molecule has 1 aliphatic heterocycles. The van der Waals surface area contributed by atoms with Crippen LogP contribution in [0.25, 0.3) is 0 Å². The standard InChI is InChI=1S/C17H25NO6S2/c1-4-24-17(19)9-18-15-10-25(20,21)11-16(15)26(22,23)14-7-5-13(6-8-14)12(2)3/h5-8,12,15-16,18H,4,9-11H2,1-3H3/t15-,16-/m0/s1. The Hall–Kier alpha value is -1.45. The Labute approximate surface area is 155 Å². The van der Waals surface area contributed by atoms with E-state index in [1.54, 1.807) is 19.1 Å². The first-order chi connectivity index (χ1) is 12.1. The van der Waals surface area contributed by atoms with Gasteiger partial charge in [0.2, 0.25) is 0 Å². The minimum Gasteiger partial charge on any atom is -0.465 e. The molecule has 146 valence electrons. The maximum Gasteiger partial charge on any atom is 0.319 e. The molecule has 1 aliphatic rings. The van der Waals surface area contributed by atoms with Gasteiger partial charge in [0.05, 0.1) is 34.8 Å². The van der Waals surface area contributed by atoms with Gasteiger partial charge in [0.15, 0.2) is 19.7 Å². The molecule has 0 spiro atoms. The van der Waals surface area contributed by atoms with Crippen molar-refractivity contribution in [2.45, 2.75) is 42.9 Å². The minimum atomic E-state index is -3.86. The summed E-state index contributed by atoms with van der Waals surface area (Å²) in [5.41, 5.74) is 1.000. The van der Waals surface area contributed by atoms with Crippen molar-refractivity contribution in [1.29, 1.82) is 0 Å². The highest BCUT2D eigenvalue weighted by Crippen LogP contribution is 2.27. The molecule has 9 heteroatoms. The van der Waals surface area contributed by atoms with Crippen molar-refractivity contribution >= 4 is 25.6 Å². The largest absolute Gasteiger partial charge is 0.465 e. The Balaban J connectivity index is 2.25. The molecule has 1 N–H and O–H groups in total. The van der Waals surface area contributed by atoms with Crippen molar-refractivity contribution in [2.75, 3.05) is 24.7 Å². The summed E-state index contributed by atoms with van der Waals surface area (Å²) in [6, 6.07) is 5.65. The number of carbonyl (C=O) groups is 1. The molecule has 0 amide bonds. The summed E-state index contributed by atoms with van der Waals surface area (Å²) >= 11 is 0. The molecule has 0 unspecified atom stereocenters. The SMILES string of the molecule is CCOC(=O)CN[C@H]1CS(=O)(=O)C[C@@H]1S(=O)(=O)c1ccc(C(C)C)cc1. The van der Waals surface area contributed by atoms with Crippen LogP contribution in [0.2, 0.25) is 0 Å². The third-order valence-electron chi connectivity index (χ3n) is 4.39. The minimum absolute atomic E-state index is 0.0898. The zero-order valence-electron chi connectivity index (χ0n) is 15.1. The molecule has 1 aromatic carbocycles. The monoisotopic (exact) mass is 403 g/mol. The first-order valence-electron chi connectivity index (χ1n) is 8.50. The smallest absolute Gasteiger partial charge is 0.319 e. The van der Waals surface area contributed by atoms with Gasteiger partial charge in [-0.05, 0) is 30.5 Å². The van der Waals surface area contributed by atoms with E-state index in [9.17, 15) is 21.6 Å². The molecule has 1 heterocycles. The van der Waals surface area contributed by atoms with E-state index in [-0.39, 0.29) is 29.7 Å². The number of benzene rings is 1. The van der Waals surface area contributed by atoms with Crippen LogP contribution in [0.15, 0.2) is 29.2 Å². The van der Waals surface area contributed by atoms with Crippen LogP contribution >= 0.6 is 0 Å². The van der Waals surface area contributed by atoms with E-state index in [0.29, 0.717) is 0 Å². The topological polar surface area (TPSA) is 107 Å². The average molecular weight is 404 g/mol. The fourth-order valence-electron chi connectivity index (χ4n) is 2.96. The van der Waals surface area contributed by atoms with Crippen LogP contribution in [0.1, 0.15) is 32.3 Å². The van der Waals surface area contributed by atoms with Crippen molar-refractivity contribution in [3.05, 3.63) is 29.8 Å². The van der Waals surface area contributed by atoms with Crippen molar-refractivity contribution < 1.29 is 26.4 Å². The van der Waals surface area contributed by atoms with Crippen LogP contribution in [0.3, 0.4) is 0 Å². The summed E-state index contributed by atoms with van der Waals surface area (Å²) in [5, 5.41) is 1.61. The van der Waals surface area contributed by atoms with E-state index in [1.807, 2.05) is 13.8 Å². The van der Waals surface area contributed by atoms with Crippen molar-refractivity contribution in [3.8, 4) is 0 Å². The molecule has 0 saturated carbocycles.